The van der Waals surface area contributed by atoms with Gasteiger partial charge in [0.15, 0.2) is 0 Å². The van der Waals surface area contributed by atoms with E-state index in [4.69, 9.17) is 0 Å². The summed E-state index contributed by atoms with van der Waals surface area (Å²) in [7, 11) is 1.31. The molecule has 5 heteroatoms. The Morgan fingerprint density at radius 3 is 3.09 bits per heavy atom. The molecule has 1 fully saturated rings. The van der Waals surface area contributed by atoms with Crippen molar-refractivity contribution in [2.75, 3.05) is 18.6 Å². The molecule has 0 saturated carbocycles. The molecule has 0 aromatic rings. The fourth-order valence-electron chi connectivity index (χ4n) is 0.816. The molecule has 1 N–H and O–H groups in total. The lowest BCUT2D eigenvalue weighted by molar-refractivity contribution is -0.144. The molecular formula is C6H9NO3S. The number of carbonyl (C=O) groups excluding carboxylic acids is 2. The average molecular weight is 175 g/mol. The van der Waals surface area contributed by atoms with Crippen molar-refractivity contribution in [1.29, 1.82) is 0 Å². The standard InChI is InChI=1S/C6H9NO3S/c1-10-6(9)4-2-11-3-5(8)7-4/h4H,2-3H2,1H3,(H,7,8)/t4-/m1/s1. The van der Waals surface area contributed by atoms with Gasteiger partial charge < -0.3 is 10.1 Å². The molecule has 0 radical (unpaired) electrons. The van der Waals surface area contributed by atoms with Crippen LogP contribution in [0.5, 0.6) is 0 Å². The topological polar surface area (TPSA) is 55.4 Å². The van der Waals surface area contributed by atoms with Crippen LogP contribution >= 0.6 is 11.8 Å². The van der Waals surface area contributed by atoms with Gasteiger partial charge in [0.05, 0.1) is 12.9 Å². The number of nitrogens with one attached hydrogen (secondary N) is 1. The molecule has 0 aromatic carbocycles. The summed E-state index contributed by atoms with van der Waals surface area (Å²) in [6.07, 6.45) is 0. The third-order valence-electron chi connectivity index (χ3n) is 1.34. The zero-order valence-electron chi connectivity index (χ0n) is 6.12. The van der Waals surface area contributed by atoms with Crippen molar-refractivity contribution >= 4 is 23.6 Å². The predicted molar refractivity (Wildman–Crippen MR) is 41.3 cm³/mol. The lowest BCUT2D eigenvalue weighted by Crippen LogP contribution is -2.47. The number of amides is 1. The third-order valence-corrected chi connectivity index (χ3v) is 2.37. The van der Waals surface area contributed by atoms with Crippen molar-refractivity contribution in [3.63, 3.8) is 0 Å². The molecule has 0 aliphatic carbocycles. The molecule has 1 rings (SSSR count). The van der Waals surface area contributed by atoms with Crippen molar-refractivity contribution < 1.29 is 14.3 Å². The first-order chi connectivity index (χ1) is 5.24. The molecule has 0 aromatic heterocycles. The SMILES string of the molecule is COC(=O)[C@H]1CSCC(=O)N1. The van der Waals surface area contributed by atoms with E-state index in [1.807, 2.05) is 0 Å². The summed E-state index contributed by atoms with van der Waals surface area (Å²) in [5.74, 6) is 0.577. The van der Waals surface area contributed by atoms with Gasteiger partial charge in [-0.25, -0.2) is 4.79 Å². The monoisotopic (exact) mass is 175 g/mol. The zero-order chi connectivity index (χ0) is 8.27. The number of methoxy groups -OCH3 is 1. The summed E-state index contributed by atoms with van der Waals surface area (Å²) < 4.78 is 4.47. The normalized spacial score (nSPS) is 24.1. The molecule has 1 amide bonds. The molecule has 0 bridgehead atoms. The van der Waals surface area contributed by atoms with Crippen molar-refractivity contribution in [3.05, 3.63) is 0 Å². The maximum Gasteiger partial charge on any atom is 0.329 e. The molecule has 4 nitrogen and oxygen atoms in total. The number of esters is 1. The highest BCUT2D eigenvalue weighted by molar-refractivity contribution is 8.00. The molecule has 1 aliphatic rings. The Hall–Kier alpha value is -0.710. The van der Waals surface area contributed by atoms with Crippen LogP contribution in [-0.2, 0) is 14.3 Å². The van der Waals surface area contributed by atoms with E-state index in [1.54, 1.807) is 0 Å². The molecule has 0 spiro atoms. The minimum atomic E-state index is -0.453. The van der Waals surface area contributed by atoms with Gasteiger partial charge in [0.2, 0.25) is 5.91 Å². The van der Waals surface area contributed by atoms with Crippen LogP contribution < -0.4 is 5.32 Å². The molecular weight excluding hydrogens is 166 g/mol. The van der Waals surface area contributed by atoms with E-state index in [9.17, 15) is 9.59 Å². The zero-order valence-corrected chi connectivity index (χ0v) is 6.94. The quantitative estimate of drug-likeness (QED) is 0.540. The van der Waals surface area contributed by atoms with Gasteiger partial charge in [0, 0.05) is 5.75 Å². The maximum absolute atomic E-state index is 10.9. The Bertz CT molecular complexity index is 183. The molecule has 1 saturated heterocycles. The van der Waals surface area contributed by atoms with Gasteiger partial charge >= 0.3 is 5.97 Å². The average Bonchev–Trinajstić information content (AvgIpc) is 2.03. The van der Waals surface area contributed by atoms with E-state index in [0.717, 1.165) is 0 Å². The fraction of sp³-hybridized carbons (Fsp3) is 0.667. The molecule has 1 heterocycles. The van der Waals surface area contributed by atoms with Crippen LogP contribution in [0.1, 0.15) is 0 Å². The van der Waals surface area contributed by atoms with Crippen molar-refractivity contribution in [2.45, 2.75) is 6.04 Å². The van der Waals surface area contributed by atoms with Gasteiger partial charge in [-0.1, -0.05) is 0 Å². The van der Waals surface area contributed by atoms with Crippen LogP contribution in [0.2, 0.25) is 0 Å². The second-order valence-corrected chi connectivity index (χ2v) is 3.19. The number of ether oxygens (including phenoxy) is 1. The number of rotatable bonds is 1. The van der Waals surface area contributed by atoms with Crippen LogP contribution in [-0.4, -0.2) is 36.5 Å². The minimum Gasteiger partial charge on any atom is -0.467 e. The van der Waals surface area contributed by atoms with E-state index in [0.29, 0.717) is 11.5 Å². The Kier molecular flexibility index (Phi) is 2.76. The van der Waals surface area contributed by atoms with Crippen LogP contribution in [0.3, 0.4) is 0 Å². The van der Waals surface area contributed by atoms with Crippen LogP contribution in [0.15, 0.2) is 0 Å². The van der Waals surface area contributed by atoms with Gasteiger partial charge in [-0.3, -0.25) is 4.79 Å². The van der Waals surface area contributed by atoms with Gasteiger partial charge in [-0.2, -0.15) is 0 Å². The van der Waals surface area contributed by atoms with E-state index in [-0.39, 0.29) is 11.9 Å². The Morgan fingerprint density at radius 2 is 2.55 bits per heavy atom. The first-order valence-electron chi connectivity index (χ1n) is 3.19. The largest absolute Gasteiger partial charge is 0.467 e. The summed E-state index contributed by atoms with van der Waals surface area (Å²) in [6.45, 7) is 0. The minimum absolute atomic E-state index is 0.100. The van der Waals surface area contributed by atoms with Gasteiger partial charge in [0.1, 0.15) is 6.04 Å². The third kappa shape index (κ3) is 2.11. The number of carbonyl (C=O) groups is 2. The summed E-state index contributed by atoms with van der Waals surface area (Å²) in [6, 6.07) is -0.453. The van der Waals surface area contributed by atoms with Gasteiger partial charge in [0.25, 0.3) is 0 Å². The summed E-state index contributed by atoms with van der Waals surface area (Å²) >= 11 is 1.44. The Balaban J connectivity index is 2.45. The highest BCUT2D eigenvalue weighted by atomic mass is 32.2. The second-order valence-electron chi connectivity index (χ2n) is 2.16. The summed E-state index contributed by atoms with van der Waals surface area (Å²) in [4.78, 5) is 21.6. The maximum atomic E-state index is 10.9. The molecule has 1 aliphatic heterocycles. The second kappa shape index (κ2) is 3.61. The predicted octanol–water partition coefficient (Wildman–Crippen LogP) is -0.609. The number of hydrogen-bond donors (Lipinski definition) is 1. The van der Waals surface area contributed by atoms with Crippen LogP contribution in [0, 0.1) is 0 Å². The fourth-order valence-corrected chi connectivity index (χ4v) is 1.66. The molecule has 11 heavy (non-hydrogen) atoms. The van der Waals surface area contributed by atoms with Crippen molar-refractivity contribution in [2.24, 2.45) is 0 Å². The van der Waals surface area contributed by atoms with Crippen LogP contribution in [0.25, 0.3) is 0 Å². The highest BCUT2D eigenvalue weighted by Crippen LogP contribution is 2.09. The number of thioether (sulfide) groups is 1. The van der Waals surface area contributed by atoms with Crippen molar-refractivity contribution in [3.8, 4) is 0 Å². The molecule has 0 unspecified atom stereocenters. The van der Waals surface area contributed by atoms with E-state index < -0.39 is 6.04 Å². The van der Waals surface area contributed by atoms with Gasteiger partial charge in [-0.15, -0.1) is 11.8 Å². The lowest BCUT2D eigenvalue weighted by Gasteiger charge is -2.19. The number of hydrogen-bond acceptors (Lipinski definition) is 4. The van der Waals surface area contributed by atoms with E-state index in [2.05, 4.69) is 10.1 Å². The van der Waals surface area contributed by atoms with Crippen LogP contribution in [0.4, 0.5) is 0 Å². The highest BCUT2D eigenvalue weighted by Gasteiger charge is 2.25. The Labute approximate surface area is 68.7 Å². The molecule has 1 atom stereocenters. The summed E-state index contributed by atoms with van der Waals surface area (Å²) in [5.41, 5.74) is 0. The van der Waals surface area contributed by atoms with E-state index in [1.165, 1.54) is 18.9 Å². The summed E-state index contributed by atoms with van der Waals surface area (Å²) in [5, 5.41) is 2.53. The first kappa shape index (κ1) is 8.39. The molecule has 62 valence electrons. The van der Waals surface area contributed by atoms with E-state index >= 15 is 0 Å². The van der Waals surface area contributed by atoms with Gasteiger partial charge in [-0.05, 0) is 0 Å². The smallest absolute Gasteiger partial charge is 0.329 e. The van der Waals surface area contributed by atoms with Crippen molar-refractivity contribution in [1.82, 2.24) is 5.32 Å². The lowest BCUT2D eigenvalue weighted by atomic mass is 10.3. The first-order valence-corrected chi connectivity index (χ1v) is 4.34. The Morgan fingerprint density at radius 1 is 1.82 bits per heavy atom.